The summed E-state index contributed by atoms with van der Waals surface area (Å²) in [4.78, 5) is 4.34. The van der Waals surface area contributed by atoms with Crippen LogP contribution in [0.5, 0.6) is 0 Å². The lowest BCUT2D eigenvalue weighted by Crippen LogP contribution is -2.43. The minimum absolute atomic E-state index is 0.277. The molecule has 0 aliphatic carbocycles. The summed E-state index contributed by atoms with van der Waals surface area (Å²) in [7, 11) is 1.58. The number of benzene rings is 1. The Morgan fingerprint density at radius 2 is 2.00 bits per heavy atom. The lowest BCUT2D eigenvalue weighted by atomic mass is 9.79. The predicted molar refractivity (Wildman–Crippen MR) is 57.8 cm³/mol. The van der Waals surface area contributed by atoms with E-state index in [1.165, 1.54) is 0 Å². The van der Waals surface area contributed by atoms with Gasteiger partial charge in [0.15, 0.2) is 6.29 Å². The van der Waals surface area contributed by atoms with Crippen LogP contribution in [0.2, 0.25) is 0 Å². The fraction of sp³-hybridized carbons (Fsp3) is 0.500. The molecule has 0 spiro atoms. The lowest BCUT2D eigenvalue weighted by molar-refractivity contribution is -0.388. The van der Waals surface area contributed by atoms with Crippen molar-refractivity contribution in [1.82, 2.24) is 0 Å². The van der Waals surface area contributed by atoms with E-state index in [1.54, 1.807) is 7.11 Å². The maximum Gasteiger partial charge on any atom is 0.219 e. The van der Waals surface area contributed by atoms with E-state index in [0.717, 1.165) is 11.1 Å². The van der Waals surface area contributed by atoms with E-state index in [-0.39, 0.29) is 5.41 Å². The molecule has 1 aromatic carbocycles. The molecule has 88 valence electrons. The highest BCUT2D eigenvalue weighted by molar-refractivity contribution is 5.36. The molecule has 2 atom stereocenters. The van der Waals surface area contributed by atoms with Crippen LogP contribution in [0.3, 0.4) is 0 Å². The highest BCUT2D eigenvalue weighted by atomic mass is 17.1. The molecule has 0 saturated heterocycles. The lowest BCUT2D eigenvalue weighted by Gasteiger charge is -2.41. The summed E-state index contributed by atoms with van der Waals surface area (Å²) < 4.78 is 10.8. The molecular formula is C12H16O4. The average molecular weight is 224 g/mol. The van der Waals surface area contributed by atoms with Gasteiger partial charge in [0, 0.05) is 18.1 Å². The third-order valence-electron chi connectivity index (χ3n) is 3.06. The quantitative estimate of drug-likeness (QED) is 0.619. The largest absolute Gasteiger partial charge is 0.355 e. The Kier molecular flexibility index (Phi) is 2.99. The fourth-order valence-corrected chi connectivity index (χ4v) is 2.20. The van der Waals surface area contributed by atoms with Crippen LogP contribution in [-0.4, -0.2) is 18.7 Å². The predicted octanol–water partition coefficient (Wildman–Crippen LogP) is 2.46. The first kappa shape index (κ1) is 11.5. The standard InChI is InChI=1S/C12H16O4/c1-12(2)9-7-5-4-6-8(9)10(16-13)15-11(12)14-3/h4-7,10-11,13H,1-3H3. The number of hydrogen-bond donors (Lipinski definition) is 1. The minimum Gasteiger partial charge on any atom is -0.355 e. The molecular weight excluding hydrogens is 208 g/mol. The van der Waals surface area contributed by atoms with Gasteiger partial charge in [-0.25, -0.2) is 10.1 Å². The topological polar surface area (TPSA) is 47.9 Å². The summed E-state index contributed by atoms with van der Waals surface area (Å²) in [5.41, 5.74) is 1.62. The molecule has 2 rings (SSSR count). The van der Waals surface area contributed by atoms with E-state index >= 15 is 0 Å². The molecule has 1 aromatic rings. The van der Waals surface area contributed by atoms with Crippen molar-refractivity contribution >= 4 is 0 Å². The number of fused-ring (bicyclic) bond motifs is 1. The van der Waals surface area contributed by atoms with Crippen molar-refractivity contribution in [2.75, 3.05) is 7.11 Å². The zero-order valence-corrected chi connectivity index (χ0v) is 9.64. The van der Waals surface area contributed by atoms with Gasteiger partial charge in [-0.1, -0.05) is 38.1 Å². The summed E-state index contributed by atoms with van der Waals surface area (Å²) in [5, 5.41) is 8.84. The van der Waals surface area contributed by atoms with E-state index in [4.69, 9.17) is 14.7 Å². The third-order valence-corrected chi connectivity index (χ3v) is 3.06. The highest BCUT2D eigenvalue weighted by Gasteiger charge is 2.42. The van der Waals surface area contributed by atoms with Crippen LogP contribution < -0.4 is 0 Å². The van der Waals surface area contributed by atoms with E-state index in [9.17, 15) is 0 Å². The number of methoxy groups -OCH3 is 1. The van der Waals surface area contributed by atoms with Crippen LogP contribution in [-0.2, 0) is 19.8 Å². The van der Waals surface area contributed by atoms with Crippen LogP contribution >= 0.6 is 0 Å². The van der Waals surface area contributed by atoms with Crippen LogP contribution in [0.25, 0.3) is 0 Å². The first-order valence-electron chi connectivity index (χ1n) is 5.19. The van der Waals surface area contributed by atoms with Gasteiger partial charge in [-0.15, -0.1) is 0 Å². The van der Waals surface area contributed by atoms with Crippen molar-refractivity contribution in [1.29, 1.82) is 0 Å². The van der Waals surface area contributed by atoms with Gasteiger partial charge >= 0.3 is 0 Å². The van der Waals surface area contributed by atoms with Gasteiger partial charge in [0.1, 0.15) is 0 Å². The zero-order chi connectivity index (χ0) is 11.8. The molecule has 0 radical (unpaired) electrons. The van der Waals surface area contributed by atoms with Crippen LogP contribution in [0.15, 0.2) is 24.3 Å². The molecule has 0 aromatic heterocycles. The average Bonchev–Trinajstić information content (AvgIpc) is 2.30. The maximum absolute atomic E-state index is 8.84. The second-order valence-electron chi connectivity index (χ2n) is 4.45. The minimum atomic E-state index is -0.783. The van der Waals surface area contributed by atoms with Gasteiger partial charge < -0.3 is 9.47 Å². The Bertz CT molecular complexity index is 375. The van der Waals surface area contributed by atoms with Crippen LogP contribution in [0.4, 0.5) is 0 Å². The highest BCUT2D eigenvalue weighted by Crippen LogP contribution is 2.42. The fourth-order valence-electron chi connectivity index (χ4n) is 2.20. The summed E-state index contributed by atoms with van der Waals surface area (Å²) in [5.74, 6) is 0. The van der Waals surface area contributed by atoms with Crippen molar-refractivity contribution in [2.45, 2.75) is 31.8 Å². The summed E-state index contributed by atoms with van der Waals surface area (Å²) in [6.07, 6.45) is -1.23. The second-order valence-corrected chi connectivity index (χ2v) is 4.45. The number of ether oxygens (including phenoxy) is 2. The van der Waals surface area contributed by atoms with Crippen LogP contribution in [0.1, 0.15) is 31.3 Å². The normalized spacial score (nSPS) is 27.5. The molecule has 1 heterocycles. The molecule has 2 unspecified atom stereocenters. The van der Waals surface area contributed by atoms with Crippen molar-refractivity contribution in [3.8, 4) is 0 Å². The van der Waals surface area contributed by atoms with E-state index < -0.39 is 12.6 Å². The van der Waals surface area contributed by atoms with Gasteiger partial charge in [0.05, 0.1) is 0 Å². The van der Waals surface area contributed by atoms with Gasteiger partial charge in [-0.3, -0.25) is 0 Å². The van der Waals surface area contributed by atoms with Crippen LogP contribution in [0, 0.1) is 0 Å². The molecule has 0 amide bonds. The Morgan fingerprint density at radius 3 is 2.62 bits per heavy atom. The molecule has 1 aliphatic rings. The second kappa shape index (κ2) is 4.14. The van der Waals surface area contributed by atoms with E-state index in [1.807, 2.05) is 38.1 Å². The van der Waals surface area contributed by atoms with Crippen molar-refractivity contribution in [3.05, 3.63) is 35.4 Å². The smallest absolute Gasteiger partial charge is 0.219 e. The van der Waals surface area contributed by atoms with Crippen molar-refractivity contribution in [3.63, 3.8) is 0 Å². The SMILES string of the molecule is COC1OC(OO)c2ccccc2C1(C)C. The Balaban J connectivity index is 2.51. The first-order valence-corrected chi connectivity index (χ1v) is 5.19. The van der Waals surface area contributed by atoms with Gasteiger partial charge in [-0.05, 0) is 5.56 Å². The molecule has 4 nitrogen and oxygen atoms in total. The summed E-state index contributed by atoms with van der Waals surface area (Å²) in [6, 6.07) is 7.71. The molecule has 4 heteroatoms. The van der Waals surface area contributed by atoms with Gasteiger partial charge in [-0.2, -0.15) is 0 Å². The van der Waals surface area contributed by atoms with E-state index in [2.05, 4.69) is 4.89 Å². The monoisotopic (exact) mass is 224 g/mol. The summed E-state index contributed by atoms with van der Waals surface area (Å²) >= 11 is 0. The van der Waals surface area contributed by atoms with E-state index in [0.29, 0.717) is 0 Å². The Hall–Kier alpha value is -0.940. The van der Waals surface area contributed by atoms with Gasteiger partial charge in [0.2, 0.25) is 6.29 Å². The molecule has 0 saturated carbocycles. The first-order chi connectivity index (χ1) is 7.61. The zero-order valence-electron chi connectivity index (χ0n) is 9.64. The Morgan fingerprint density at radius 1 is 1.31 bits per heavy atom. The summed E-state index contributed by atoms with van der Waals surface area (Å²) in [6.45, 7) is 4.07. The number of hydrogen-bond acceptors (Lipinski definition) is 4. The van der Waals surface area contributed by atoms with Gasteiger partial charge in [0.25, 0.3) is 0 Å². The maximum atomic E-state index is 8.84. The molecule has 0 fully saturated rings. The molecule has 1 aliphatic heterocycles. The Labute approximate surface area is 94.7 Å². The molecule has 1 N–H and O–H groups in total. The molecule has 16 heavy (non-hydrogen) atoms. The molecule has 0 bridgehead atoms. The third kappa shape index (κ3) is 1.64. The van der Waals surface area contributed by atoms with Crippen molar-refractivity contribution in [2.24, 2.45) is 0 Å². The number of rotatable bonds is 2. The van der Waals surface area contributed by atoms with Crippen molar-refractivity contribution < 1.29 is 19.6 Å².